The van der Waals surface area contributed by atoms with Crippen LogP contribution in [0.15, 0.2) is 16.6 Å². The van der Waals surface area contributed by atoms with E-state index in [9.17, 15) is 4.39 Å². The third kappa shape index (κ3) is 2.46. The van der Waals surface area contributed by atoms with Gasteiger partial charge in [-0.2, -0.15) is 0 Å². The molecule has 65 valence electrons. The monoisotopic (exact) mass is 233 g/mol. The summed E-state index contributed by atoms with van der Waals surface area (Å²) in [6.45, 7) is 0.137. The summed E-state index contributed by atoms with van der Waals surface area (Å²) in [5.41, 5.74) is 0. The van der Waals surface area contributed by atoms with Crippen LogP contribution in [0.5, 0.6) is 5.75 Å². The molecule has 0 atom stereocenters. The highest BCUT2D eigenvalue weighted by molar-refractivity contribution is 9.10. The molecular formula is C8H7BrFO2. The lowest BCUT2D eigenvalue weighted by molar-refractivity contribution is 0.0505. The fraction of sp³-hybridized carbons (Fsp3) is 0.250. The first-order valence-corrected chi connectivity index (χ1v) is 4.02. The Morgan fingerprint density at radius 3 is 2.92 bits per heavy atom. The van der Waals surface area contributed by atoms with Gasteiger partial charge in [0.2, 0.25) is 0 Å². The standard InChI is InChI=1S/C8H7BrFO2/c1-11-5-12-8-3-2-6(10)4-7(8)9/h2-3H,5H2,1H3. The van der Waals surface area contributed by atoms with Crippen molar-refractivity contribution in [2.24, 2.45) is 0 Å². The van der Waals surface area contributed by atoms with Crippen LogP contribution >= 0.6 is 15.9 Å². The molecule has 12 heavy (non-hydrogen) atoms. The topological polar surface area (TPSA) is 18.5 Å². The van der Waals surface area contributed by atoms with E-state index in [1.54, 1.807) is 0 Å². The number of hydrogen-bond acceptors (Lipinski definition) is 2. The van der Waals surface area contributed by atoms with Gasteiger partial charge in [0, 0.05) is 13.2 Å². The molecule has 1 aromatic carbocycles. The Morgan fingerprint density at radius 1 is 1.58 bits per heavy atom. The number of ether oxygens (including phenoxy) is 2. The Morgan fingerprint density at radius 2 is 2.33 bits per heavy atom. The van der Waals surface area contributed by atoms with E-state index < -0.39 is 5.82 Å². The van der Waals surface area contributed by atoms with Crippen molar-refractivity contribution in [3.63, 3.8) is 0 Å². The zero-order valence-electron chi connectivity index (χ0n) is 6.43. The number of halogens is 2. The van der Waals surface area contributed by atoms with Gasteiger partial charge in [-0.3, -0.25) is 0 Å². The van der Waals surface area contributed by atoms with Crippen molar-refractivity contribution in [2.75, 3.05) is 13.9 Å². The molecular weight excluding hydrogens is 227 g/mol. The van der Waals surface area contributed by atoms with Gasteiger partial charge in [0.25, 0.3) is 0 Å². The molecule has 0 saturated heterocycles. The summed E-state index contributed by atoms with van der Waals surface area (Å²) in [5, 5.41) is 0. The fourth-order valence-electron chi connectivity index (χ4n) is 0.664. The van der Waals surface area contributed by atoms with E-state index >= 15 is 0 Å². The van der Waals surface area contributed by atoms with Crippen molar-refractivity contribution >= 4 is 15.9 Å². The first kappa shape index (κ1) is 9.48. The minimum Gasteiger partial charge on any atom is -0.466 e. The van der Waals surface area contributed by atoms with Gasteiger partial charge in [-0.25, -0.2) is 4.39 Å². The van der Waals surface area contributed by atoms with Gasteiger partial charge >= 0.3 is 0 Å². The van der Waals surface area contributed by atoms with Crippen molar-refractivity contribution in [1.29, 1.82) is 0 Å². The van der Waals surface area contributed by atoms with E-state index in [0.717, 1.165) is 0 Å². The molecule has 1 aromatic rings. The summed E-state index contributed by atoms with van der Waals surface area (Å²) in [6, 6.07) is 5.20. The largest absolute Gasteiger partial charge is 0.466 e. The van der Waals surface area contributed by atoms with Crippen LogP contribution in [-0.4, -0.2) is 13.9 Å². The third-order valence-corrected chi connectivity index (χ3v) is 1.75. The third-order valence-electron chi connectivity index (χ3n) is 1.16. The van der Waals surface area contributed by atoms with E-state index in [4.69, 9.17) is 4.74 Å². The van der Waals surface area contributed by atoms with Gasteiger partial charge in [-0.05, 0) is 28.1 Å². The summed E-state index contributed by atoms with van der Waals surface area (Å²) < 4.78 is 22.7. The molecule has 1 rings (SSSR count). The molecule has 0 aliphatic rings. The minimum atomic E-state index is -0.424. The highest BCUT2D eigenvalue weighted by Gasteiger charge is 2.01. The van der Waals surface area contributed by atoms with Gasteiger partial charge in [0.15, 0.2) is 6.79 Å². The van der Waals surface area contributed by atoms with Crippen molar-refractivity contribution in [2.45, 2.75) is 0 Å². The Bertz CT molecular complexity index is 265. The molecule has 0 unspecified atom stereocenters. The summed E-state index contributed by atoms with van der Waals surface area (Å²) in [5.74, 6) is 0.0879. The highest BCUT2D eigenvalue weighted by atomic mass is 79.9. The average Bonchev–Trinajstić information content (AvgIpc) is 2.03. The molecule has 1 radical (unpaired) electrons. The molecule has 0 N–H and O–H groups in total. The predicted molar refractivity (Wildman–Crippen MR) is 45.4 cm³/mol. The molecule has 0 heterocycles. The summed E-state index contributed by atoms with van der Waals surface area (Å²) >= 11 is 3.10. The van der Waals surface area contributed by atoms with Crippen LogP contribution in [0.2, 0.25) is 0 Å². The lowest BCUT2D eigenvalue weighted by Crippen LogP contribution is -1.99. The van der Waals surface area contributed by atoms with Crippen molar-refractivity contribution in [1.82, 2.24) is 0 Å². The molecule has 0 aromatic heterocycles. The van der Waals surface area contributed by atoms with Gasteiger partial charge in [-0.1, -0.05) is 0 Å². The van der Waals surface area contributed by atoms with E-state index in [0.29, 0.717) is 10.2 Å². The quantitative estimate of drug-likeness (QED) is 0.747. The lowest BCUT2D eigenvalue weighted by atomic mass is 10.3. The van der Waals surface area contributed by atoms with Crippen LogP contribution in [0, 0.1) is 11.9 Å². The van der Waals surface area contributed by atoms with Gasteiger partial charge in [-0.15, -0.1) is 0 Å². The van der Waals surface area contributed by atoms with Crippen LogP contribution < -0.4 is 4.74 Å². The van der Waals surface area contributed by atoms with Crippen molar-refractivity contribution in [3.05, 3.63) is 28.5 Å². The van der Waals surface area contributed by atoms with Crippen molar-refractivity contribution in [3.8, 4) is 5.75 Å². The van der Waals surface area contributed by atoms with Crippen LogP contribution in [-0.2, 0) is 4.74 Å². The molecule has 2 nitrogen and oxygen atoms in total. The summed E-state index contributed by atoms with van der Waals surface area (Å²) in [6.07, 6.45) is 0. The van der Waals surface area contributed by atoms with Crippen LogP contribution in [0.4, 0.5) is 4.39 Å². The fourth-order valence-corrected chi connectivity index (χ4v) is 1.10. The Hall–Kier alpha value is -0.610. The molecule has 4 heteroatoms. The van der Waals surface area contributed by atoms with E-state index in [-0.39, 0.29) is 6.79 Å². The van der Waals surface area contributed by atoms with Gasteiger partial charge in [0.1, 0.15) is 11.6 Å². The second-order valence-electron chi connectivity index (χ2n) is 2.04. The van der Waals surface area contributed by atoms with E-state index in [1.165, 1.54) is 19.2 Å². The van der Waals surface area contributed by atoms with Crippen LogP contribution in [0.1, 0.15) is 0 Å². The Balaban J connectivity index is 2.72. The predicted octanol–water partition coefficient (Wildman–Crippen LogP) is 2.37. The average molecular weight is 234 g/mol. The maximum Gasteiger partial charge on any atom is 0.188 e. The number of hydrogen-bond donors (Lipinski definition) is 0. The number of methoxy groups -OCH3 is 1. The molecule has 0 amide bonds. The van der Waals surface area contributed by atoms with Gasteiger partial charge < -0.3 is 9.47 Å². The van der Waals surface area contributed by atoms with Crippen LogP contribution in [0.3, 0.4) is 0 Å². The molecule has 0 saturated carbocycles. The number of rotatable bonds is 3. The second kappa shape index (κ2) is 4.42. The normalized spacial score (nSPS) is 9.92. The smallest absolute Gasteiger partial charge is 0.188 e. The highest BCUT2D eigenvalue weighted by Crippen LogP contribution is 2.24. The van der Waals surface area contributed by atoms with Crippen molar-refractivity contribution < 1.29 is 13.9 Å². The molecule has 0 aliphatic heterocycles. The zero-order valence-corrected chi connectivity index (χ0v) is 8.02. The molecule has 0 bridgehead atoms. The number of benzene rings is 1. The minimum absolute atomic E-state index is 0.137. The summed E-state index contributed by atoms with van der Waals surface area (Å²) in [4.78, 5) is 0. The lowest BCUT2D eigenvalue weighted by Gasteiger charge is -2.05. The van der Waals surface area contributed by atoms with E-state index in [1.807, 2.05) is 0 Å². The summed E-state index contributed by atoms with van der Waals surface area (Å²) in [7, 11) is 1.52. The Kier molecular flexibility index (Phi) is 3.49. The molecule has 0 aliphatic carbocycles. The van der Waals surface area contributed by atoms with Gasteiger partial charge in [0.05, 0.1) is 4.47 Å². The first-order chi connectivity index (χ1) is 5.74. The zero-order chi connectivity index (χ0) is 8.97. The molecule has 0 spiro atoms. The molecule has 0 fully saturated rings. The van der Waals surface area contributed by atoms with E-state index in [2.05, 4.69) is 26.7 Å². The first-order valence-electron chi connectivity index (χ1n) is 3.23. The maximum atomic E-state index is 12.5. The van der Waals surface area contributed by atoms with Crippen LogP contribution in [0.25, 0.3) is 0 Å². The second-order valence-corrected chi connectivity index (χ2v) is 2.83. The Labute approximate surface area is 78.4 Å². The maximum absolute atomic E-state index is 12.5. The SMILES string of the molecule is COCOc1ccc(F)[c]c1Br.